The number of amides is 2. The molecule has 0 aliphatic carbocycles. The van der Waals surface area contributed by atoms with Gasteiger partial charge in [-0.15, -0.1) is 0 Å². The van der Waals surface area contributed by atoms with Gasteiger partial charge in [0.2, 0.25) is 0 Å². The summed E-state index contributed by atoms with van der Waals surface area (Å²) in [4.78, 5) is 34.9. The molecule has 1 aliphatic rings. The summed E-state index contributed by atoms with van der Waals surface area (Å²) in [5.74, 6) is 0.665. The van der Waals surface area contributed by atoms with Crippen LogP contribution in [0, 0.1) is 0 Å². The molecule has 0 bridgehead atoms. The molecule has 0 atom stereocenters. The molecule has 0 unspecified atom stereocenters. The third-order valence-corrected chi connectivity index (χ3v) is 4.85. The monoisotopic (exact) mass is 416 g/mol. The van der Waals surface area contributed by atoms with Crippen LogP contribution in [0.5, 0.6) is 0 Å². The molecule has 1 aromatic heterocycles. The predicted molar refractivity (Wildman–Crippen MR) is 114 cm³/mol. The summed E-state index contributed by atoms with van der Waals surface area (Å²) in [6, 6.07) is 7.73. The smallest absolute Gasteiger partial charge is 0.410 e. The van der Waals surface area contributed by atoms with Gasteiger partial charge in [-0.2, -0.15) is 0 Å². The van der Waals surface area contributed by atoms with E-state index in [2.05, 4.69) is 10.3 Å². The second kappa shape index (κ2) is 7.81. The second-order valence-corrected chi connectivity index (χ2v) is 9.78. The van der Waals surface area contributed by atoms with Gasteiger partial charge in [0.05, 0.1) is 11.0 Å². The fourth-order valence-electron chi connectivity index (χ4n) is 3.50. The Morgan fingerprint density at radius 1 is 1.03 bits per heavy atom. The topological polar surface area (TPSA) is 96.5 Å². The number of carbonyl (C=O) groups excluding carboxylic acids is 2. The van der Waals surface area contributed by atoms with Crippen LogP contribution in [-0.2, 0) is 15.0 Å². The largest absolute Gasteiger partial charge is 0.444 e. The van der Waals surface area contributed by atoms with Crippen LogP contribution in [-0.4, -0.2) is 51.3 Å². The van der Waals surface area contributed by atoms with Crippen LogP contribution in [0.1, 0.15) is 60.2 Å². The maximum atomic E-state index is 12.6. The Balaban J connectivity index is 1.84. The molecule has 164 valence electrons. The molecule has 2 amide bonds. The number of aromatic amines is 1. The third-order valence-electron chi connectivity index (χ3n) is 4.85. The molecular weight excluding hydrogens is 384 g/mol. The normalized spacial score (nSPS) is 16.9. The van der Waals surface area contributed by atoms with Crippen LogP contribution in [0.3, 0.4) is 0 Å². The van der Waals surface area contributed by atoms with E-state index >= 15 is 0 Å². The molecule has 8 heteroatoms. The molecule has 1 aromatic carbocycles. The zero-order valence-electron chi connectivity index (χ0n) is 18.7. The van der Waals surface area contributed by atoms with Gasteiger partial charge in [0.25, 0.3) is 0 Å². The first kappa shape index (κ1) is 21.9. The highest BCUT2D eigenvalue weighted by atomic mass is 16.6. The van der Waals surface area contributed by atoms with E-state index in [4.69, 9.17) is 14.5 Å². The lowest BCUT2D eigenvalue weighted by molar-refractivity contribution is 0.0107. The van der Waals surface area contributed by atoms with E-state index in [-0.39, 0.29) is 6.09 Å². The number of hydrogen-bond donors (Lipinski definition) is 2. The highest BCUT2D eigenvalue weighted by molar-refractivity contribution is 5.76. The Morgan fingerprint density at radius 3 is 2.20 bits per heavy atom. The first-order valence-electron chi connectivity index (χ1n) is 10.3. The van der Waals surface area contributed by atoms with Crippen LogP contribution in [0.4, 0.5) is 9.59 Å². The zero-order valence-corrected chi connectivity index (χ0v) is 18.7. The molecular formula is C22H32N4O4. The highest BCUT2D eigenvalue weighted by Crippen LogP contribution is 2.33. The molecule has 3 rings (SSSR count). The average Bonchev–Trinajstić information content (AvgIpc) is 3.04. The lowest BCUT2D eigenvalue weighted by Gasteiger charge is -2.41. The number of nitrogens with zero attached hydrogens (tertiary/aromatic N) is 2. The standard InChI is InChI=1S/C22H32N4O4/c1-20(2,3)29-18(27)25-22(17-23-15-9-7-8-10-16(15)24-17)11-13-26(14-12-22)19(28)30-21(4,5)6/h7-10H,11-14H2,1-6H3,(H,23,24)(H,25,27). The van der Waals surface area contributed by atoms with Crippen LogP contribution < -0.4 is 5.32 Å². The summed E-state index contributed by atoms with van der Waals surface area (Å²) in [6.45, 7) is 11.9. The second-order valence-electron chi connectivity index (χ2n) is 9.78. The first-order valence-corrected chi connectivity index (χ1v) is 10.3. The van der Waals surface area contributed by atoms with Gasteiger partial charge >= 0.3 is 12.2 Å². The number of piperidine rings is 1. The van der Waals surface area contributed by atoms with Crippen molar-refractivity contribution in [2.24, 2.45) is 0 Å². The number of H-pyrrole nitrogens is 1. The van der Waals surface area contributed by atoms with E-state index in [1.807, 2.05) is 65.8 Å². The van der Waals surface area contributed by atoms with E-state index in [0.29, 0.717) is 31.8 Å². The first-order chi connectivity index (χ1) is 13.9. The summed E-state index contributed by atoms with van der Waals surface area (Å²) in [5.41, 5.74) is -0.213. The van der Waals surface area contributed by atoms with Gasteiger partial charge in [0, 0.05) is 13.1 Å². The third kappa shape index (κ3) is 5.23. The summed E-state index contributed by atoms with van der Waals surface area (Å²) in [7, 11) is 0. The van der Waals surface area contributed by atoms with Crippen molar-refractivity contribution >= 4 is 23.2 Å². The quantitative estimate of drug-likeness (QED) is 0.760. The zero-order chi connectivity index (χ0) is 22.2. The maximum Gasteiger partial charge on any atom is 0.410 e. The Kier molecular flexibility index (Phi) is 5.71. The number of ether oxygens (including phenoxy) is 2. The lowest BCUT2D eigenvalue weighted by atomic mass is 9.86. The van der Waals surface area contributed by atoms with Gasteiger partial charge in [-0.1, -0.05) is 12.1 Å². The summed E-state index contributed by atoms with van der Waals surface area (Å²) in [5, 5.41) is 3.04. The molecule has 0 spiro atoms. The SMILES string of the molecule is CC(C)(C)OC(=O)NC1(c2nc3ccccc3[nH]2)CCN(C(=O)OC(C)(C)C)CC1. The number of likely N-dealkylation sites (tertiary alicyclic amines) is 1. The molecule has 0 saturated carbocycles. The number of aromatic nitrogens is 2. The summed E-state index contributed by atoms with van der Waals surface area (Å²) < 4.78 is 11.0. The number of alkyl carbamates (subject to hydrolysis) is 1. The van der Waals surface area contributed by atoms with Crippen molar-refractivity contribution in [2.75, 3.05) is 13.1 Å². The lowest BCUT2D eigenvalue weighted by Crippen LogP contribution is -2.55. The minimum absolute atomic E-state index is 0.349. The van der Waals surface area contributed by atoms with Gasteiger partial charge in [0.15, 0.2) is 0 Å². The molecule has 2 aromatic rings. The number of rotatable bonds is 2. The van der Waals surface area contributed by atoms with Crippen molar-refractivity contribution in [1.29, 1.82) is 0 Å². The number of hydrogen-bond acceptors (Lipinski definition) is 5. The van der Waals surface area contributed by atoms with E-state index in [0.717, 1.165) is 11.0 Å². The molecule has 30 heavy (non-hydrogen) atoms. The minimum Gasteiger partial charge on any atom is -0.444 e. The van der Waals surface area contributed by atoms with Crippen molar-refractivity contribution in [3.63, 3.8) is 0 Å². The highest BCUT2D eigenvalue weighted by Gasteiger charge is 2.43. The Labute approximate surface area is 177 Å². The van der Waals surface area contributed by atoms with Crippen molar-refractivity contribution in [3.8, 4) is 0 Å². The van der Waals surface area contributed by atoms with Crippen LogP contribution in [0.2, 0.25) is 0 Å². The Bertz CT molecular complexity index is 882. The number of fused-ring (bicyclic) bond motifs is 1. The van der Waals surface area contributed by atoms with Gasteiger partial charge in [-0.05, 0) is 66.5 Å². The van der Waals surface area contributed by atoms with E-state index in [1.165, 1.54) is 0 Å². The molecule has 1 saturated heterocycles. The summed E-state index contributed by atoms with van der Waals surface area (Å²) >= 11 is 0. The fraction of sp³-hybridized carbons (Fsp3) is 0.591. The van der Waals surface area contributed by atoms with Gasteiger partial charge in [-0.3, -0.25) is 0 Å². The van der Waals surface area contributed by atoms with Crippen molar-refractivity contribution in [1.82, 2.24) is 20.2 Å². The van der Waals surface area contributed by atoms with Gasteiger partial charge in [0.1, 0.15) is 22.6 Å². The van der Waals surface area contributed by atoms with Crippen LogP contribution >= 0.6 is 0 Å². The van der Waals surface area contributed by atoms with E-state index < -0.39 is 22.8 Å². The molecule has 0 radical (unpaired) electrons. The van der Waals surface area contributed by atoms with Gasteiger partial charge in [-0.25, -0.2) is 14.6 Å². The number of imidazole rings is 1. The molecule has 2 N–H and O–H groups in total. The van der Waals surface area contributed by atoms with Crippen LogP contribution in [0.15, 0.2) is 24.3 Å². The minimum atomic E-state index is -0.764. The molecule has 1 fully saturated rings. The maximum absolute atomic E-state index is 12.6. The molecule has 1 aliphatic heterocycles. The number of para-hydroxylation sites is 2. The van der Waals surface area contributed by atoms with Crippen molar-refractivity contribution < 1.29 is 19.1 Å². The van der Waals surface area contributed by atoms with E-state index in [9.17, 15) is 9.59 Å². The average molecular weight is 417 g/mol. The Morgan fingerprint density at radius 2 is 1.63 bits per heavy atom. The molecule has 8 nitrogen and oxygen atoms in total. The van der Waals surface area contributed by atoms with Crippen molar-refractivity contribution in [2.45, 2.75) is 71.1 Å². The Hall–Kier alpha value is -2.77. The number of nitrogens with one attached hydrogen (secondary N) is 2. The van der Waals surface area contributed by atoms with Crippen molar-refractivity contribution in [3.05, 3.63) is 30.1 Å². The summed E-state index contributed by atoms with van der Waals surface area (Å²) in [6.07, 6.45) is 0.128. The predicted octanol–water partition coefficient (Wildman–Crippen LogP) is 4.31. The van der Waals surface area contributed by atoms with E-state index in [1.54, 1.807) is 4.90 Å². The molecule has 2 heterocycles. The van der Waals surface area contributed by atoms with Crippen LogP contribution in [0.25, 0.3) is 11.0 Å². The number of benzene rings is 1. The van der Waals surface area contributed by atoms with Gasteiger partial charge < -0.3 is 24.7 Å². The number of carbonyl (C=O) groups is 2. The fourth-order valence-corrected chi connectivity index (χ4v) is 3.50.